The molecule has 1 aromatic heterocycles. The van der Waals surface area contributed by atoms with Crippen molar-refractivity contribution in [3.63, 3.8) is 0 Å². The van der Waals surface area contributed by atoms with Gasteiger partial charge in [0.05, 0.1) is 36.7 Å². The van der Waals surface area contributed by atoms with Crippen LogP contribution in [0.2, 0.25) is 0 Å². The molecule has 1 aliphatic carbocycles. The molecule has 2 aliphatic rings. The summed E-state index contributed by atoms with van der Waals surface area (Å²) in [5.74, 6) is -1.38. The number of nitrogens with two attached hydrogens (primary N) is 1. The molecule has 5 N–H and O–H groups in total. The minimum absolute atomic E-state index is 0. The molecule has 16 heteroatoms. The van der Waals surface area contributed by atoms with E-state index in [4.69, 9.17) is 14.9 Å². The van der Waals surface area contributed by atoms with Crippen molar-refractivity contribution in [3.8, 4) is 11.1 Å². The fourth-order valence-corrected chi connectivity index (χ4v) is 6.53. The average Bonchev–Trinajstić information content (AvgIpc) is 4.10. The fraction of sp³-hybridized carbons (Fsp3) is 0.370. The number of amides is 5. The second-order valence-electron chi connectivity index (χ2n) is 14.6. The van der Waals surface area contributed by atoms with E-state index >= 15 is 0 Å². The molecule has 1 saturated heterocycles. The van der Waals surface area contributed by atoms with Crippen LogP contribution < -0.4 is 16.4 Å². The summed E-state index contributed by atoms with van der Waals surface area (Å²) in [6.07, 6.45) is 8.42. The van der Waals surface area contributed by atoms with Crippen LogP contribution in [0.25, 0.3) is 11.1 Å². The molecule has 5 amide bonds. The van der Waals surface area contributed by atoms with Gasteiger partial charge in [0.2, 0.25) is 18.7 Å². The molecule has 4 aromatic rings. The van der Waals surface area contributed by atoms with Crippen molar-refractivity contribution in [2.24, 2.45) is 5.73 Å². The van der Waals surface area contributed by atoms with Crippen molar-refractivity contribution in [3.05, 3.63) is 118 Å². The van der Waals surface area contributed by atoms with Crippen LogP contribution in [-0.2, 0) is 36.8 Å². The summed E-state index contributed by atoms with van der Waals surface area (Å²) in [6.45, 7) is 7.97. The van der Waals surface area contributed by atoms with Crippen molar-refractivity contribution < 1.29 is 33.1 Å². The van der Waals surface area contributed by atoms with E-state index in [-0.39, 0.29) is 76.8 Å². The monoisotopic (exact) mass is 1090 g/mol. The zero-order valence-electron chi connectivity index (χ0n) is 35.4. The normalized spacial score (nSPS) is 12.8. The van der Waals surface area contributed by atoms with Crippen molar-refractivity contribution in [2.45, 2.75) is 52.5 Å². The smallest absolute Gasteiger partial charge is 0.256 e. The van der Waals surface area contributed by atoms with Gasteiger partial charge in [0.15, 0.2) is 0 Å². The van der Waals surface area contributed by atoms with E-state index in [1.807, 2.05) is 37.4 Å². The molecule has 336 valence electrons. The molecule has 62 heavy (non-hydrogen) atoms. The first-order valence-electron chi connectivity index (χ1n) is 20.4. The summed E-state index contributed by atoms with van der Waals surface area (Å²) < 4.78 is 19.9. The van der Waals surface area contributed by atoms with Crippen LogP contribution in [0, 0.1) is 25.1 Å². The topological polar surface area (TPSA) is 191 Å². The van der Waals surface area contributed by atoms with Gasteiger partial charge in [-0.2, -0.15) is 6.41 Å². The number of pyridine rings is 1. The van der Waals surface area contributed by atoms with Crippen molar-refractivity contribution >= 4 is 42.4 Å². The Bertz CT molecular complexity index is 2110. The number of hydrogen-bond acceptors (Lipinski definition) is 9. The van der Waals surface area contributed by atoms with Gasteiger partial charge in [0.1, 0.15) is 5.82 Å². The first-order valence-corrected chi connectivity index (χ1v) is 20.4. The van der Waals surface area contributed by atoms with E-state index in [0.29, 0.717) is 30.3 Å². The number of piperazine rings is 1. The molecule has 3 aromatic carbocycles. The quantitative estimate of drug-likeness (QED) is 0.0370. The van der Waals surface area contributed by atoms with E-state index in [9.17, 15) is 23.6 Å². The van der Waals surface area contributed by atoms with E-state index in [0.717, 1.165) is 23.2 Å². The summed E-state index contributed by atoms with van der Waals surface area (Å²) >= 11 is 0. The van der Waals surface area contributed by atoms with Crippen LogP contribution in [0.4, 0.5) is 10.1 Å². The Balaban J connectivity index is 0.000000369. The zero-order valence-corrected chi connectivity index (χ0v) is 37.8. The van der Waals surface area contributed by atoms with Gasteiger partial charge in [-0.15, -0.1) is 0 Å². The summed E-state index contributed by atoms with van der Waals surface area (Å²) in [6, 6.07) is 23.5. The number of rotatable bonds is 18. The van der Waals surface area contributed by atoms with E-state index in [2.05, 4.69) is 65.5 Å². The first kappa shape index (κ1) is 48.9. The van der Waals surface area contributed by atoms with Gasteiger partial charge in [-0.05, 0) is 79.1 Å². The fourth-order valence-electron chi connectivity index (χ4n) is 6.53. The number of nitrogens with zero attached hydrogens (tertiary/aromatic N) is 4. The Morgan fingerprint density at radius 3 is 2.32 bits per heavy atom. The third kappa shape index (κ3) is 15.0. The Kier molecular flexibility index (Phi) is 19.9. The van der Waals surface area contributed by atoms with E-state index in [1.165, 1.54) is 57.2 Å². The van der Waals surface area contributed by atoms with E-state index < -0.39 is 11.7 Å². The van der Waals surface area contributed by atoms with Crippen LogP contribution in [0.5, 0.6) is 0 Å². The number of hydrogen-bond donors (Lipinski definition) is 4. The molecule has 0 radical (unpaired) electrons. The molecule has 0 bridgehead atoms. The maximum absolute atomic E-state index is 14.6. The maximum atomic E-state index is 14.6. The minimum atomic E-state index is -0.633. The number of halogens is 1. The van der Waals surface area contributed by atoms with Gasteiger partial charge >= 0.3 is 0 Å². The van der Waals surface area contributed by atoms with Gasteiger partial charge in [0.25, 0.3) is 5.91 Å². The van der Waals surface area contributed by atoms with Crippen LogP contribution in [-0.4, -0.2) is 122 Å². The minimum Gasteiger partial charge on any atom is -0.520 e. The number of anilines is 1. The number of primary amides is 1. The predicted octanol–water partition coefficient (Wildman–Crippen LogP) is 4.46. The Morgan fingerprint density at radius 2 is 1.66 bits per heavy atom. The molecule has 6 rings (SSSR count). The number of carbonyl (C=O) groups is 4. The molecule has 14 nitrogen and oxygen atoms in total. The number of nitrogens with one attached hydrogen (secondary N) is 3. The molecule has 0 unspecified atom stereocenters. The summed E-state index contributed by atoms with van der Waals surface area (Å²) in [5.41, 5.74) is 13.0. The summed E-state index contributed by atoms with van der Waals surface area (Å²) in [4.78, 5) is 64.6. The summed E-state index contributed by atoms with van der Waals surface area (Å²) in [5, 5.41) is 14.5. The second kappa shape index (κ2) is 25.2. The van der Waals surface area contributed by atoms with E-state index in [1.54, 1.807) is 17.4 Å². The number of aromatic nitrogens is 1. The van der Waals surface area contributed by atoms with Crippen molar-refractivity contribution in [1.29, 1.82) is 5.41 Å². The molecule has 2 heterocycles. The number of aryl methyl sites for hydroxylation is 3. The van der Waals surface area contributed by atoms with Gasteiger partial charge in [-0.1, -0.05) is 61.5 Å². The maximum Gasteiger partial charge on any atom is 0.256 e. The molecular weight excluding hydrogens is 1040 g/mol. The van der Waals surface area contributed by atoms with Crippen molar-refractivity contribution in [1.82, 2.24) is 25.0 Å². The third-order valence-corrected chi connectivity index (χ3v) is 10.2. The third-order valence-electron chi connectivity index (χ3n) is 10.2. The average molecular weight is 1090 g/mol. The van der Waals surface area contributed by atoms with Gasteiger partial charge < -0.3 is 46.0 Å². The van der Waals surface area contributed by atoms with Gasteiger partial charge in [-0.3, -0.25) is 24.2 Å². The van der Waals surface area contributed by atoms with Gasteiger partial charge in [-0.25, -0.2) is 4.39 Å². The largest absolute Gasteiger partial charge is 0.520 e. The predicted molar refractivity (Wildman–Crippen MR) is 233 cm³/mol. The summed E-state index contributed by atoms with van der Waals surface area (Å²) in [7, 11) is 0. The zero-order chi connectivity index (χ0) is 44.1. The molecule has 0 atom stereocenters. The SMILES string of the molecule is CCc1cccc(-c2cnc(C)c(NC3CC3)c2)c1.Cc1ccccc1C(=N)Cc1ccc(F)c(C(=O)N2CCN(C(=O)CN([C-]=O)CCOCCNC=O)CC2)c1.NC=O.[Fm]. The number of ether oxygens (including phenoxy) is 1. The van der Waals surface area contributed by atoms with Crippen molar-refractivity contribution in [2.75, 3.05) is 64.3 Å². The molecule has 1 saturated carbocycles. The number of carbonyl (C=O) groups excluding carboxylic acids is 5. The molecular formula is C46H56FFmN8O6-. The Labute approximate surface area is 357 Å². The van der Waals surface area contributed by atoms with Crippen LogP contribution >= 0.6 is 0 Å². The first-order chi connectivity index (χ1) is 29.5. The number of benzene rings is 3. The molecule has 1 aliphatic heterocycles. The van der Waals surface area contributed by atoms with Crippen LogP contribution in [0.15, 0.2) is 79.0 Å². The van der Waals surface area contributed by atoms with Gasteiger partial charge in [0, 0.05) is 69.2 Å². The molecule has 2 fully saturated rings. The standard InChI is InChI=1S/C28H33FN5O5.C17H20N2.CH3NO.Fm/c1-21-4-2-3-5-23(21)26(30)17-22-6-7-25(29)24(16-22)28(38)34-11-9-33(10-12-34)27(37)18-32(20-36)13-15-39-14-8-31-19-35;1-3-13-5-4-6-14(9-13)15-10-17(12(2)18-11-15)19-16-7-8-16;2-1-3;/h2-7,16,19,30H,8-15,17-18H2,1H3,(H,31,35);4-6,9-11,16,19H,3,7-8H2,1-2H3;1H,(H2,2,3);/q-1;;;. The molecule has 0 spiro atoms. The Hall–Kier alpha value is -7.48. The van der Waals surface area contributed by atoms with Crippen LogP contribution in [0.3, 0.4) is 0 Å². The Morgan fingerprint density at radius 1 is 0.952 bits per heavy atom. The van der Waals surface area contributed by atoms with Crippen LogP contribution in [0.1, 0.15) is 58.1 Å². The second-order valence-corrected chi connectivity index (χ2v) is 14.6.